The quantitative estimate of drug-likeness (QED) is 0.771. The molecule has 14 heavy (non-hydrogen) atoms. The summed E-state index contributed by atoms with van der Waals surface area (Å²) in [6.45, 7) is 6.73. The van der Waals surface area contributed by atoms with Crippen LogP contribution in [0.15, 0.2) is 30.3 Å². The van der Waals surface area contributed by atoms with Gasteiger partial charge in [-0.25, -0.2) is 4.79 Å². The van der Waals surface area contributed by atoms with Gasteiger partial charge in [-0.1, -0.05) is 18.2 Å². The standard InChI is InChI=1S/C7H6O2.C4H9.Zn/c8-7(9)6-4-2-1-3-5-6;1-4(2)3;/h1-5H,(H,8,9);1-3H3;. The van der Waals surface area contributed by atoms with E-state index < -0.39 is 5.97 Å². The summed E-state index contributed by atoms with van der Waals surface area (Å²) < 4.78 is 0.625. The number of hydrogen-bond donors (Lipinski definition) is 1. The van der Waals surface area contributed by atoms with Crippen LogP contribution in [-0.2, 0) is 18.3 Å². The van der Waals surface area contributed by atoms with Crippen LogP contribution in [0.5, 0.6) is 0 Å². The van der Waals surface area contributed by atoms with Crippen molar-refractivity contribution in [2.75, 3.05) is 0 Å². The Morgan fingerprint density at radius 1 is 1.21 bits per heavy atom. The van der Waals surface area contributed by atoms with Crippen molar-refractivity contribution in [3.63, 3.8) is 0 Å². The molecular weight excluding hydrogens is 230 g/mol. The van der Waals surface area contributed by atoms with Crippen LogP contribution < -0.4 is 0 Å². The predicted octanol–water partition coefficient (Wildman–Crippen LogP) is 3.14. The third kappa shape index (κ3) is 9.40. The summed E-state index contributed by atoms with van der Waals surface area (Å²) in [4.78, 5) is 10.2. The Morgan fingerprint density at radius 3 is 1.79 bits per heavy atom. The van der Waals surface area contributed by atoms with Crippen molar-refractivity contribution in [3.05, 3.63) is 35.9 Å². The molecular formula is C11H15O2Zn. The fraction of sp³-hybridized carbons (Fsp3) is 0.364. The minimum absolute atomic E-state index is 0.331. The second-order valence-corrected chi connectivity index (χ2v) is 8.68. The molecule has 73 valence electrons. The molecule has 0 atom stereocenters. The molecule has 0 saturated heterocycles. The first-order chi connectivity index (χ1) is 6.30. The largest absolute Gasteiger partial charge is 0.478 e. The first kappa shape index (κ1) is 13.3. The Labute approximate surface area is 95.0 Å². The number of carbonyl (C=O) groups is 1. The normalized spacial score (nSPS) is 10.1. The van der Waals surface area contributed by atoms with Crippen LogP contribution in [0.3, 0.4) is 0 Å². The Bertz CT molecular complexity index is 269. The monoisotopic (exact) mass is 243 g/mol. The van der Waals surface area contributed by atoms with E-state index in [-0.39, 0.29) is 0 Å². The van der Waals surface area contributed by atoms with Gasteiger partial charge in [0.05, 0.1) is 5.56 Å². The van der Waals surface area contributed by atoms with Gasteiger partial charge < -0.3 is 5.11 Å². The van der Waals surface area contributed by atoms with E-state index in [9.17, 15) is 4.79 Å². The summed E-state index contributed by atoms with van der Waals surface area (Å²) in [5, 5.41) is 8.38. The molecule has 1 rings (SSSR count). The van der Waals surface area contributed by atoms with E-state index in [0.717, 1.165) is 0 Å². The molecule has 3 heteroatoms. The number of hydrogen-bond acceptors (Lipinski definition) is 1. The molecule has 0 aliphatic carbocycles. The van der Waals surface area contributed by atoms with E-state index in [2.05, 4.69) is 20.8 Å². The molecule has 0 amide bonds. The predicted molar refractivity (Wildman–Crippen MR) is 53.1 cm³/mol. The average Bonchev–Trinajstić information content (AvgIpc) is 2.03. The molecule has 0 aliphatic rings. The van der Waals surface area contributed by atoms with Crippen LogP contribution in [0.4, 0.5) is 0 Å². The molecule has 1 aromatic rings. The molecule has 0 radical (unpaired) electrons. The Kier molecular flexibility index (Phi) is 5.63. The molecule has 1 aromatic carbocycles. The van der Waals surface area contributed by atoms with Crippen LogP contribution in [0.2, 0.25) is 4.01 Å². The van der Waals surface area contributed by atoms with E-state index in [1.807, 2.05) is 0 Å². The van der Waals surface area contributed by atoms with E-state index >= 15 is 0 Å². The molecule has 0 unspecified atom stereocenters. The minimum atomic E-state index is -0.879. The second-order valence-electron chi connectivity index (χ2n) is 4.23. The van der Waals surface area contributed by atoms with Crippen molar-refractivity contribution in [2.24, 2.45) is 0 Å². The minimum Gasteiger partial charge on any atom is -0.478 e. The van der Waals surface area contributed by atoms with Crippen molar-refractivity contribution < 1.29 is 28.2 Å². The smallest absolute Gasteiger partial charge is 0.335 e. The number of rotatable bonds is 1. The third-order valence-corrected chi connectivity index (χ3v) is 1.02. The van der Waals surface area contributed by atoms with Crippen LogP contribution in [0.25, 0.3) is 0 Å². The molecule has 1 N–H and O–H groups in total. The summed E-state index contributed by atoms with van der Waals surface area (Å²) >= 11 is 1.40. The van der Waals surface area contributed by atoms with E-state index in [1.54, 1.807) is 30.3 Å². The maximum atomic E-state index is 10.2. The average molecular weight is 245 g/mol. The molecule has 0 fully saturated rings. The summed E-state index contributed by atoms with van der Waals surface area (Å²) in [5.41, 5.74) is 0.331. The molecule has 0 saturated carbocycles. The zero-order valence-corrected chi connectivity index (χ0v) is 11.9. The van der Waals surface area contributed by atoms with Gasteiger partial charge in [0.2, 0.25) is 0 Å². The van der Waals surface area contributed by atoms with Gasteiger partial charge in [0.15, 0.2) is 0 Å². The molecule has 0 heterocycles. The zero-order chi connectivity index (χ0) is 11.2. The molecule has 0 bridgehead atoms. The van der Waals surface area contributed by atoms with Gasteiger partial charge in [-0.2, -0.15) is 0 Å². The third-order valence-electron chi connectivity index (χ3n) is 1.02. The van der Waals surface area contributed by atoms with E-state index in [4.69, 9.17) is 5.11 Å². The van der Waals surface area contributed by atoms with Gasteiger partial charge in [-0.05, 0) is 12.1 Å². The van der Waals surface area contributed by atoms with Crippen molar-refractivity contribution in [2.45, 2.75) is 24.8 Å². The fourth-order valence-electron chi connectivity index (χ4n) is 0.581. The van der Waals surface area contributed by atoms with Crippen molar-refractivity contribution in [1.82, 2.24) is 0 Å². The zero-order valence-electron chi connectivity index (χ0n) is 8.95. The Balaban J connectivity index is 0.000000292. The number of aromatic carboxylic acids is 1. The van der Waals surface area contributed by atoms with Crippen molar-refractivity contribution >= 4 is 5.97 Å². The molecule has 0 aliphatic heterocycles. The number of benzene rings is 1. The maximum Gasteiger partial charge on any atom is 0.335 e. The molecule has 0 aromatic heterocycles. The summed E-state index contributed by atoms with van der Waals surface area (Å²) in [5.74, 6) is -0.879. The fourth-order valence-corrected chi connectivity index (χ4v) is 0.581. The topological polar surface area (TPSA) is 37.3 Å². The van der Waals surface area contributed by atoms with Crippen molar-refractivity contribution in [3.8, 4) is 0 Å². The number of carboxylic acids is 1. The van der Waals surface area contributed by atoms with Gasteiger partial charge >= 0.3 is 49.1 Å². The Morgan fingerprint density at radius 2 is 1.57 bits per heavy atom. The van der Waals surface area contributed by atoms with Crippen LogP contribution in [0.1, 0.15) is 31.1 Å². The summed E-state index contributed by atoms with van der Waals surface area (Å²) in [6, 6.07) is 8.30. The SMILES string of the molecule is C[C](C)(C)[Zn].O=C(O)c1ccccc1. The first-order valence-corrected chi connectivity index (χ1v) is 5.93. The van der Waals surface area contributed by atoms with Gasteiger partial charge in [0, 0.05) is 0 Å². The van der Waals surface area contributed by atoms with Gasteiger partial charge in [0.1, 0.15) is 0 Å². The summed E-state index contributed by atoms with van der Waals surface area (Å²) in [6.07, 6.45) is 0. The van der Waals surface area contributed by atoms with Crippen LogP contribution in [-0.4, -0.2) is 11.1 Å². The molecule has 2 nitrogen and oxygen atoms in total. The van der Waals surface area contributed by atoms with Crippen molar-refractivity contribution in [1.29, 1.82) is 0 Å². The van der Waals surface area contributed by atoms with E-state index in [0.29, 0.717) is 9.57 Å². The van der Waals surface area contributed by atoms with Crippen LogP contribution >= 0.6 is 0 Å². The maximum absolute atomic E-state index is 10.2. The Hall–Kier alpha value is -0.687. The van der Waals surface area contributed by atoms with Gasteiger partial charge in [0.25, 0.3) is 0 Å². The first-order valence-electron chi connectivity index (χ1n) is 4.44. The second kappa shape index (κ2) is 5.92. The molecule has 0 spiro atoms. The van der Waals surface area contributed by atoms with Gasteiger partial charge in [-0.3, -0.25) is 0 Å². The van der Waals surface area contributed by atoms with Gasteiger partial charge in [-0.15, -0.1) is 0 Å². The van der Waals surface area contributed by atoms with Crippen LogP contribution in [0, 0.1) is 0 Å². The van der Waals surface area contributed by atoms with E-state index in [1.165, 1.54) is 18.3 Å². The summed E-state index contributed by atoms with van der Waals surface area (Å²) in [7, 11) is 0. The number of carboxylic acid groups (broad SMARTS) is 1.